The molecule has 0 atom stereocenters. The summed E-state index contributed by atoms with van der Waals surface area (Å²) in [6.45, 7) is 2.28. The summed E-state index contributed by atoms with van der Waals surface area (Å²) in [6, 6.07) is 11.5. The first-order chi connectivity index (χ1) is 20.0. The van der Waals surface area contributed by atoms with Gasteiger partial charge in [0.15, 0.2) is 0 Å². The highest BCUT2D eigenvalue weighted by atomic mass is 32.1. The Labute approximate surface area is 242 Å². The van der Waals surface area contributed by atoms with E-state index in [2.05, 4.69) is 15.6 Å². The van der Waals surface area contributed by atoms with Crippen molar-refractivity contribution in [2.24, 2.45) is 7.05 Å². The number of nitrogens with zero attached hydrogens (tertiary/aromatic N) is 3. The fourth-order valence-corrected chi connectivity index (χ4v) is 7.73. The van der Waals surface area contributed by atoms with Gasteiger partial charge in [0.25, 0.3) is 11.5 Å². The number of amides is 1. The molecule has 0 saturated carbocycles. The molecule has 1 amide bonds. The number of aromatic nitrogens is 2. The van der Waals surface area contributed by atoms with E-state index in [1.165, 1.54) is 39.0 Å². The lowest BCUT2D eigenvalue weighted by Gasteiger charge is -2.30. The predicted molar refractivity (Wildman–Crippen MR) is 163 cm³/mol. The summed E-state index contributed by atoms with van der Waals surface area (Å²) >= 11 is 1.66. The highest BCUT2D eigenvalue weighted by molar-refractivity contribution is 7.14. The SMILES string of the molecule is Cn1cc(-c2cccc(N3CCc4c(sc5c4CCCC5)C3=O)c2CO)cc(Nc2ccc(C3CNC3)cn2)c1=O. The number of carbonyl (C=O) groups excluding carboxylic acids is 1. The van der Waals surface area contributed by atoms with Gasteiger partial charge in [-0.25, -0.2) is 4.98 Å². The average molecular weight is 568 g/mol. The van der Waals surface area contributed by atoms with Gasteiger partial charge in [0, 0.05) is 61.0 Å². The average Bonchev–Trinajstić information content (AvgIpc) is 3.35. The third-order valence-corrected chi connectivity index (χ3v) is 10.0. The Morgan fingerprint density at radius 1 is 1.10 bits per heavy atom. The molecule has 9 heteroatoms. The first-order valence-corrected chi connectivity index (χ1v) is 15.2. The van der Waals surface area contributed by atoms with Crippen molar-refractivity contribution in [1.82, 2.24) is 14.9 Å². The van der Waals surface area contributed by atoms with Gasteiger partial charge < -0.3 is 25.2 Å². The Bertz CT molecular complexity index is 1700. The van der Waals surface area contributed by atoms with E-state index < -0.39 is 0 Å². The van der Waals surface area contributed by atoms with Gasteiger partial charge in [-0.1, -0.05) is 18.2 Å². The maximum atomic E-state index is 13.8. The molecule has 8 nitrogen and oxygen atoms in total. The lowest BCUT2D eigenvalue weighted by atomic mass is 9.91. The molecule has 3 aromatic heterocycles. The van der Waals surface area contributed by atoms with E-state index in [1.807, 2.05) is 41.4 Å². The number of carbonyl (C=O) groups is 1. The van der Waals surface area contributed by atoms with Crippen molar-refractivity contribution >= 4 is 34.4 Å². The van der Waals surface area contributed by atoms with Crippen LogP contribution in [-0.4, -0.2) is 40.2 Å². The fraction of sp³-hybridized carbons (Fsp3) is 0.344. The number of anilines is 3. The molecule has 3 N–H and O–H groups in total. The lowest BCUT2D eigenvalue weighted by Crippen LogP contribution is -2.39. The molecular formula is C32H33N5O3S. The van der Waals surface area contributed by atoms with Crippen LogP contribution < -0.4 is 21.1 Å². The second-order valence-electron chi connectivity index (χ2n) is 11.2. The van der Waals surface area contributed by atoms with E-state index in [1.54, 1.807) is 30.6 Å². The van der Waals surface area contributed by atoms with Crippen LogP contribution in [0.5, 0.6) is 0 Å². The van der Waals surface area contributed by atoms with Crippen molar-refractivity contribution in [3.05, 3.63) is 91.2 Å². The van der Waals surface area contributed by atoms with Crippen LogP contribution in [0, 0.1) is 0 Å². The van der Waals surface area contributed by atoms with E-state index in [9.17, 15) is 14.7 Å². The highest BCUT2D eigenvalue weighted by Crippen LogP contribution is 2.40. The van der Waals surface area contributed by atoms with Crippen molar-refractivity contribution in [3.63, 3.8) is 0 Å². The van der Waals surface area contributed by atoms with Crippen LogP contribution in [0.15, 0.2) is 53.6 Å². The minimum absolute atomic E-state index is 0.0209. The van der Waals surface area contributed by atoms with Crippen LogP contribution in [0.25, 0.3) is 11.1 Å². The maximum Gasteiger partial charge on any atom is 0.274 e. The number of hydrogen-bond acceptors (Lipinski definition) is 7. The van der Waals surface area contributed by atoms with Crippen LogP contribution in [0.1, 0.15) is 55.6 Å². The van der Waals surface area contributed by atoms with E-state index in [0.29, 0.717) is 29.5 Å². The van der Waals surface area contributed by atoms with Crippen LogP contribution in [0.3, 0.4) is 0 Å². The molecule has 210 valence electrons. The van der Waals surface area contributed by atoms with Gasteiger partial charge >= 0.3 is 0 Å². The monoisotopic (exact) mass is 567 g/mol. The number of benzene rings is 1. The normalized spacial score (nSPS) is 16.7. The molecule has 0 unspecified atom stereocenters. The Balaban J connectivity index is 1.22. The van der Waals surface area contributed by atoms with Crippen LogP contribution in [0.4, 0.5) is 17.2 Å². The second kappa shape index (κ2) is 10.6. The van der Waals surface area contributed by atoms with Crippen molar-refractivity contribution in [1.29, 1.82) is 0 Å². The molecule has 1 aromatic carbocycles. The van der Waals surface area contributed by atoms with Crippen LogP contribution >= 0.6 is 11.3 Å². The summed E-state index contributed by atoms with van der Waals surface area (Å²) in [4.78, 5) is 35.4. The summed E-state index contributed by atoms with van der Waals surface area (Å²) in [5.74, 6) is 1.10. The molecular weight excluding hydrogens is 534 g/mol. The van der Waals surface area contributed by atoms with Gasteiger partial charge in [0.05, 0.1) is 17.2 Å². The van der Waals surface area contributed by atoms with E-state index in [4.69, 9.17) is 0 Å². The molecule has 5 heterocycles. The zero-order chi connectivity index (χ0) is 28.1. The van der Waals surface area contributed by atoms with Crippen molar-refractivity contribution in [2.75, 3.05) is 29.9 Å². The number of pyridine rings is 2. The number of aliphatic hydroxyl groups excluding tert-OH is 1. The summed E-state index contributed by atoms with van der Waals surface area (Å²) in [7, 11) is 1.72. The largest absolute Gasteiger partial charge is 0.392 e. The second-order valence-corrected chi connectivity index (χ2v) is 12.3. The van der Waals surface area contributed by atoms with Crippen LogP contribution in [0.2, 0.25) is 0 Å². The number of fused-ring (bicyclic) bond motifs is 3. The number of aryl methyl sites for hydroxylation is 2. The van der Waals surface area contributed by atoms with Crippen molar-refractivity contribution in [2.45, 2.75) is 44.6 Å². The third-order valence-electron chi connectivity index (χ3n) is 8.70. The Kier molecular flexibility index (Phi) is 6.73. The molecule has 0 radical (unpaired) electrons. The Morgan fingerprint density at radius 3 is 2.71 bits per heavy atom. The third kappa shape index (κ3) is 4.58. The minimum Gasteiger partial charge on any atom is -0.392 e. The van der Waals surface area contributed by atoms with Gasteiger partial charge in [-0.3, -0.25) is 9.59 Å². The van der Waals surface area contributed by atoms with Gasteiger partial charge in [0.1, 0.15) is 11.5 Å². The molecule has 0 spiro atoms. The lowest BCUT2D eigenvalue weighted by molar-refractivity contribution is 0.0984. The van der Waals surface area contributed by atoms with E-state index in [0.717, 1.165) is 54.0 Å². The van der Waals surface area contributed by atoms with Crippen molar-refractivity contribution in [3.8, 4) is 11.1 Å². The number of nitrogens with one attached hydrogen (secondary N) is 2. The number of thiophene rings is 1. The van der Waals surface area contributed by atoms with Gasteiger partial charge in [-0.15, -0.1) is 11.3 Å². The number of hydrogen-bond donors (Lipinski definition) is 3. The zero-order valence-corrected chi connectivity index (χ0v) is 23.9. The molecule has 0 bridgehead atoms. The quantitative estimate of drug-likeness (QED) is 0.317. The van der Waals surface area contributed by atoms with E-state index >= 15 is 0 Å². The fourth-order valence-electron chi connectivity index (χ4n) is 6.34. The first-order valence-electron chi connectivity index (χ1n) is 14.3. The van der Waals surface area contributed by atoms with Gasteiger partial charge in [-0.05, 0) is 72.6 Å². The molecule has 1 saturated heterocycles. The number of rotatable bonds is 6. The molecule has 7 rings (SSSR count). The Morgan fingerprint density at radius 2 is 1.95 bits per heavy atom. The van der Waals surface area contributed by atoms with Crippen molar-refractivity contribution < 1.29 is 9.90 Å². The molecule has 1 aliphatic carbocycles. The molecule has 2 aliphatic heterocycles. The summed E-state index contributed by atoms with van der Waals surface area (Å²) in [5.41, 5.74) is 7.01. The standard InChI is InChI=1S/C32H33N5O3S/c1-36-17-20(13-26(31(36)39)35-29-10-9-19(16-34-29)21-14-33-15-21)22-6-4-7-27(25(22)18-38)37-12-11-24-23-5-2-3-8-28(23)41-30(24)32(37)40/h4,6-7,9-10,13,16-17,21,33,38H,2-3,5,8,11-12,14-15,18H2,1H3,(H,34,35). The first kappa shape index (κ1) is 26.1. The smallest absolute Gasteiger partial charge is 0.274 e. The van der Waals surface area contributed by atoms with E-state index in [-0.39, 0.29) is 18.1 Å². The molecule has 3 aliphatic rings. The molecule has 4 aromatic rings. The molecule has 1 fully saturated rings. The zero-order valence-electron chi connectivity index (χ0n) is 23.1. The Hall–Kier alpha value is -3.79. The summed E-state index contributed by atoms with van der Waals surface area (Å²) in [6.07, 6.45) is 9.00. The summed E-state index contributed by atoms with van der Waals surface area (Å²) in [5, 5.41) is 17.1. The topological polar surface area (TPSA) is 99.5 Å². The van der Waals surface area contributed by atoms with Crippen LogP contribution in [-0.2, 0) is 32.9 Å². The van der Waals surface area contributed by atoms with Gasteiger partial charge in [0.2, 0.25) is 0 Å². The highest BCUT2D eigenvalue weighted by Gasteiger charge is 2.33. The molecule has 41 heavy (non-hydrogen) atoms. The predicted octanol–water partition coefficient (Wildman–Crippen LogP) is 4.51. The van der Waals surface area contributed by atoms with Gasteiger partial charge in [-0.2, -0.15) is 0 Å². The summed E-state index contributed by atoms with van der Waals surface area (Å²) < 4.78 is 1.54. The maximum absolute atomic E-state index is 13.8. The number of aliphatic hydroxyl groups is 1. The minimum atomic E-state index is -0.228.